The number of aromatic nitrogens is 1. The van der Waals surface area contributed by atoms with Crippen LogP contribution in [-0.2, 0) is 0 Å². The van der Waals surface area contributed by atoms with Crippen LogP contribution >= 0.6 is 0 Å². The molecule has 3 nitrogen and oxygen atoms in total. The SMILES string of the molecule is CCC[C@H]1[C@H]2C[C@H](CN(C3CCCC3)C2)c2cccc(=O)n21. The molecule has 1 aliphatic carbocycles. The van der Waals surface area contributed by atoms with Crippen molar-refractivity contribution in [2.24, 2.45) is 5.92 Å². The molecule has 3 aliphatic rings. The first kappa shape index (κ1) is 14.5. The Morgan fingerprint density at radius 3 is 2.77 bits per heavy atom. The molecule has 0 unspecified atom stereocenters. The van der Waals surface area contributed by atoms with Gasteiger partial charge in [0.05, 0.1) is 0 Å². The maximum atomic E-state index is 12.5. The smallest absolute Gasteiger partial charge is 0.250 e. The first-order valence-corrected chi connectivity index (χ1v) is 9.23. The summed E-state index contributed by atoms with van der Waals surface area (Å²) in [7, 11) is 0. The Bertz CT molecular complexity index is 587. The molecule has 3 atom stereocenters. The lowest BCUT2D eigenvalue weighted by atomic mass is 9.76. The second kappa shape index (κ2) is 5.84. The van der Waals surface area contributed by atoms with Gasteiger partial charge < -0.3 is 4.57 Å². The van der Waals surface area contributed by atoms with E-state index in [-0.39, 0.29) is 5.56 Å². The lowest BCUT2D eigenvalue weighted by Gasteiger charge is -2.48. The van der Waals surface area contributed by atoms with Gasteiger partial charge in [-0.15, -0.1) is 0 Å². The second-order valence-electron chi connectivity index (χ2n) is 7.60. The summed E-state index contributed by atoms with van der Waals surface area (Å²) in [4.78, 5) is 15.2. The Labute approximate surface area is 133 Å². The topological polar surface area (TPSA) is 25.2 Å². The van der Waals surface area contributed by atoms with Crippen LogP contribution in [0.4, 0.5) is 0 Å². The van der Waals surface area contributed by atoms with Crippen molar-refractivity contribution in [2.75, 3.05) is 13.1 Å². The van der Waals surface area contributed by atoms with Gasteiger partial charge in [0.1, 0.15) is 0 Å². The van der Waals surface area contributed by atoms with E-state index in [1.807, 2.05) is 6.07 Å². The van der Waals surface area contributed by atoms with E-state index in [0.29, 0.717) is 17.9 Å². The van der Waals surface area contributed by atoms with Crippen LogP contribution in [0.5, 0.6) is 0 Å². The summed E-state index contributed by atoms with van der Waals surface area (Å²) in [6.07, 6.45) is 9.19. The Balaban J connectivity index is 1.70. The zero-order valence-corrected chi connectivity index (χ0v) is 13.7. The molecular formula is C19H28N2O. The molecular weight excluding hydrogens is 272 g/mol. The minimum atomic E-state index is 0.222. The first-order valence-electron chi connectivity index (χ1n) is 9.23. The molecule has 0 aromatic carbocycles. The fourth-order valence-electron chi connectivity index (χ4n) is 5.31. The number of nitrogens with zero attached hydrogens (tertiary/aromatic N) is 2. The summed E-state index contributed by atoms with van der Waals surface area (Å²) in [6.45, 7) is 4.63. The highest BCUT2D eigenvalue weighted by atomic mass is 16.1. The third-order valence-corrected chi connectivity index (χ3v) is 6.25. The highest BCUT2D eigenvalue weighted by Crippen LogP contribution is 2.44. The van der Waals surface area contributed by atoms with Crippen molar-refractivity contribution < 1.29 is 0 Å². The third-order valence-electron chi connectivity index (χ3n) is 6.25. The van der Waals surface area contributed by atoms with E-state index in [0.717, 1.165) is 18.9 Å². The van der Waals surface area contributed by atoms with E-state index < -0.39 is 0 Å². The van der Waals surface area contributed by atoms with Gasteiger partial charge in [0.25, 0.3) is 5.56 Å². The number of hydrogen-bond donors (Lipinski definition) is 0. The third kappa shape index (κ3) is 2.34. The summed E-state index contributed by atoms with van der Waals surface area (Å²) in [6, 6.07) is 7.17. The first-order chi connectivity index (χ1) is 10.8. The molecule has 2 fully saturated rings. The molecule has 4 rings (SSSR count). The van der Waals surface area contributed by atoms with Crippen molar-refractivity contribution in [3.8, 4) is 0 Å². The van der Waals surface area contributed by atoms with Gasteiger partial charge in [0, 0.05) is 42.9 Å². The van der Waals surface area contributed by atoms with E-state index in [1.54, 1.807) is 6.07 Å². The molecule has 2 bridgehead atoms. The molecule has 1 saturated heterocycles. The quantitative estimate of drug-likeness (QED) is 0.853. The van der Waals surface area contributed by atoms with E-state index in [9.17, 15) is 4.79 Å². The van der Waals surface area contributed by atoms with Crippen molar-refractivity contribution in [3.05, 3.63) is 34.2 Å². The van der Waals surface area contributed by atoms with Crippen LogP contribution in [0.25, 0.3) is 0 Å². The van der Waals surface area contributed by atoms with E-state index in [4.69, 9.17) is 0 Å². The minimum absolute atomic E-state index is 0.222. The summed E-state index contributed by atoms with van der Waals surface area (Å²) < 4.78 is 2.16. The molecule has 0 radical (unpaired) electrons. The van der Waals surface area contributed by atoms with Crippen molar-refractivity contribution in [2.45, 2.75) is 69.9 Å². The van der Waals surface area contributed by atoms with Crippen LogP contribution in [0.15, 0.2) is 23.0 Å². The Kier molecular flexibility index (Phi) is 3.85. The molecule has 0 spiro atoms. The van der Waals surface area contributed by atoms with Gasteiger partial charge in [-0.3, -0.25) is 9.69 Å². The number of rotatable bonds is 3. The lowest BCUT2D eigenvalue weighted by molar-refractivity contribution is 0.0580. The molecule has 3 heteroatoms. The van der Waals surface area contributed by atoms with Crippen molar-refractivity contribution in [3.63, 3.8) is 0 Å². The monoisotopic (exact) mass is 300 g/mol. The molecule has 0 N–H and O–H groups in total. The zero-order valence-electron chi connectivity index (χ0n) is 13.7. The van der Waals surface area contributed by atoms with Crippen LogP contribution < -0.4 is 5.56 Å². The summed E-state index contributed by atoms with van der Waals surface area (Å²) in [5.41, 5.74) is 1.53. The van der Waals surface area contributed by atoms with Crippen LogP contribution in [0.3, 0.4) is 0 Å². The zero-order chi connectivity index (χ0) is 15.1. The number of hydrogen-bond acceptors (Lipinski definition) is 2. The van der Waals surface area contributed by atoms with Gasteiger partial charge >= 0.3 is 0 Å². The Morgan fingerprint density at radius 2 is 2.00 bits per heavy atom. The number of pyridine rings is 1. The second-order valence-corrected chi connectivity index (χ2v) is 7.60. The standard InChI is InChI=1S/C19H28N2O/c1-2-6-17-14-11-15(18-9-5-10-19(22)21(17)18)13-20(12-14)16-7-3-4-8-16/h5,9-10,14-17H,2-4,6-8,11-13H2,1H3/t14-,15+,17-/m0/s1. The van der Waals surface area contributed by atoms with E-state index >= 15 is 0 Å². The summed E-state index contributed by atoms with van der Waals surface area (Å²) in [5.74, 6) is 1.24. The molecule has 0 amide bonds. The molecule has 1 saturated carbocycles. The molecule has 3 heterocycles. The van der Waals surface area contributed by atoms with Gasteiger partial charge in [0.2, 0.25) is 0 Å². The minimum Gasteiger partial charge on any atom is -0.309 e. The Morgan fingerprint density at radius 1 is 1.18 bits per heavy atom. The largest absolute Gasteiger partial charge is 0.309 e. The van der Waals surface area contributed by atoms with Gasteiger partial charge in [0.15, 0.2) is 0 Å². The molecule has 1 aromatic rings. The predicted octanol–water partition coefficient (Wildman–Crippen LogP) is 3.55. The van der Waals surface area contributed by atoms with E-state index in [2.05, 4.69) is 22.5 Å². The summed E-state index contributed by atoms with van der Waals surface area (Å²) in [5, 5.41) is 0. The lowest BCUT2D eigenvalue weighted by Crippen LogP contribution is -2.51. The van der Waals surface area contributed by atoms with Gasteiger partial charge in [-0.1, -0.05) is 32.3 Å². The van der Waals surface area contributed by atoms with Crippen molar-refractivity contribution in [1.29, 1.82) is 0 Å². The average Bonchev–Trinajstić information content (AvgIpc) is 3.06. The highest BCUT2D eigenvalue weighted by Gasteiger charge is 2.41. The van der Waals surface area contributed by atoms with E-state index in [1.165, 1.54) is 50.9 Å². The van der Waals surface area contributed by atoms with Gasteiger partial charge in [-0.05, 0) is 37.7 Å². The maximum absolute atomic E-state index is 12.5. The molecule has 1 aromatic heterocycles. The molecule has 2 aliphatic heterocycles. The maximum Gasteiger partial charge on any atom is 0.250 e. The summed E-state index contributed by atoms with van der Waals surface area (Å²) >= 11 is 0. The normalized spacial score (nSPS) is 32.1. The van der Waals surface area contributed by atoms with Crippen LogP contribution in [0.2, 0.25) is 0 Å². The predicted molar refractivity (Wildman–Crippen MR) is 89.3 cm³/mol. The number of likely N-dealkylation sites (tertiary alicyclic amines) is 1. The van der Waals surface area contributed by atoms with Crippen LogP contribution in [0.1, 0.15) is 69.5 Å². The van der Waals surface area contributed by atoms with Gasteiger partial charge in [-0.2, -0.15) is 0 Å². The Hall–Kier alpha value is -1.09. The highest BCUT2D eigenvalue weighted by molar-refractivity contribution is 5.19. The molecule has 22 heavy (non-hydrogen) atoms. The number of fused-ring (bicyclic) bond motifs is 4. The average molecular weight is 300 g/mol. The fourth-order valence-corrected chi connectivity index (χ4v) is 5.31. The van der Waals surface area contributed by atoms with Crippen molar-refractivity contribution >= 4 is 0 Å². The number of piperidine rings is 1. The van der Waals surface area contributed by atoms with Crippen molar-refractivity contribution in [1.82, 2.24) is 9.47 Å². The van der Waals surface area contributed by atoms with Gasteiger partial charge in [-0.25, -0.2) is 0 Å². The fraction of sp³-hybridized carbons (Fsp3) is 0.737. The van der Waals surface area contributed by atoms with Crippen LogP contribution in [0, 0.1) is 5.92 Å². The molecule has 120 valence electrons. The van der Waals surface area contributed by atoms with Crippen LogP contribution in [-0.4, -0.2) is 28.6 Å².